The maximum atomic E-state index is 12.5. The minimum atomic E-state index is -0.162. The summed E-state index contributed by atoms with van der Waals surface area (Å²) in [5.41, 5.74) is 3.93. The molecule has 0 aliphatic carbocycles. The number of aromatic nitrogens is 2. The van der Waals surface area contributed by atoms with Crippen molar-refractivity contribution in [1.29, 1.82) is 0 Å². The zero-order valence-corrected chi connectivity index (χ0v) is 18.5. The van der Waals surface area contributed by atoms with E-state index in [0.717, 1.165) is 16.4 Å². The summed E-state index contributed by atoms with van der Waals surface area (Å²) in [6.07, 6.45) is 3.64. The molecule has 7 nitrogen and oxygen atoms in total. The van der Waals surface area contributed by atoms with Gasteiger partial charge < -0.3 is 19.5 Å². The van der Waals surface area contributed by atoms with Crippen molar-refractivity contribution in [2.45, 2.75) is 19.0 Å². The van der Waals surface area contributed by atoms with E-state index in [1.165, 1.54) is 38.7 Å². The van der Waals surface area contributed by atoms with Crippen LogP contribution in [0.25, 0.3) is 5.69 Å². The number of hydrogen-bond acceptors (Lipinski definition) is 6. The lowest BCUT2D eigenvalue weighted by molar-refractivity contribution is -0.113. The van der Waals surface area contributed by atoms with E-state index in [1.807, 2.05) is 10.8 Å². The van der Waals surface area contributed by atoms with Crippen molar-refractivity contribution < 1.29 is 19.0 Å². The number of thioether (sulfide) groups is 1. The largest absolute Gasteiger partial charge is 0.493 e. The van der Waals surface area contributed by atoms with Gasteiger partial charge in [-0.3, -0.25) is 9.36 Å². The monoisotopic (exact) mass is 427 g/mol. The number of amides is 1. The van der Waals surface area contributed by atoms with Crippen LogP contribution in [-0.4, -0.2) is 42.5 Å². The van der Waals surface area contributed by atoms with Gasteiger partial charge in [0.25, 0.3) is 0 Å². The number of nitrogens with one attached hydrogen (secondary N) is 1. The molecule has 3 aromatic rings. The molecular formula is C22H25N3O4S. The average molecular weight is 428 g/mol. The van der Waals surface area contributed by atoms with Gasteiger partial charge in [-0.25, -0.2) is 4.98 Å². The van der Waals surface area contributed by atoms with Crippen molar-refractivity contribution in [2.75, 3.05) is 32.4 Å². The highest BCUT2D eigenvalue weighted by Gasteiger charge is 2.15. The van der Waals surface area contributed by atoms with Crippen molar-refractivity contribution in [3.63, 3.8) is 0 Å². The molecule has 0 bridgehead atoms. The molecule has 1 N–H and O–H groups in total. The summed E-state index contributed by atoms with van der Waals surface area (Å²) in [5, 5.41) is 3.63. The van der Waals surface area contributed by atoms with Gasteiger partial charge in [-0.05, 0) is 31.0 Å². The molecule has 3 rings (SSSR count). The van der Waals surface area contributed by atoms with Crippen LogP contribution < -0.4 is 19.5 Å². The highest BCUT2D eigenvalue weighted by Crippen LogP contribution is 2.40. The van der Waals surface area contributed by atoms with Crippen LogP contribution >= 0.6 is 11.8 Å². The Morgan fingerprint density at radius 3 is 2.40 bits per heavy atom. The van der Waals surface area contributed by atoms with Gasteiger partial charge in [0.2, 0.25) is 11.7 Å². The number of benzene rings is 2. The number of ether oxygens (including phenoxy) is 3. The number of carbonyl (C=O) groups is 1. The molecule has 0 radical (unpaired) electrons. The molecule has 8 heteroatoms. The number of hydrogen-bond donors (Lipinski definition) is 1. The Kier molecular flexibility index (Phi) is 6.89. The highest BCUT2D eigenvalue weighted by atomic mass is 32.2. The lowest BCUT2D eigenvalue weighted by Gasteiger charge is -2.15. The number of carbonyl (C=O) groups excluding carboxylic acids is 1. The molecule has 2 aromatic carbocycles. The molecule has 0 aliphatic heterocycles. The Hall–Kier alpha value is -3.13. The lowest BCUT2D eigenvalue weighted by Crippen LogP contribution is -2.15. The molecule has 0 fully saturated rings. The van der Waals surface area contributed by atoms with Crippen LogP contribution in [0.2, 0.25) is 0 Å². The number of imidazole rings is 1. The fourth-order valence-corrected chi connectivity index (χ4v) is 3.81. The first-order chi connectivity index (χ1) is 14.5. The molecule has 1 amide bonds. The van der Waals surface area contributed by atoms with Gasteiger partial charge in [0.1, 0.15) is 0 Å². The van der Waals surface area contributed by atoms with Gasteiger partial charge in [0.15, 0.2) is 16.7 Å². The minimum Gasteiger partial charge on any atom is -0.493 e. The third-order valence-corrected chi connectivity index (χ3v) is 5.48. The van der Waals surface area contributed by atoms with Gasteiger partial charge in [-0.15, -0.1) is 0 Å². The molecule has 0 saturated carbocycles. The second kappa shape index (κ2) is 9.58. The number of aryl methyl sites for hydroxylation is 2. The lowest BCUT2D eigenvalue weighted by atomic mass is 10.1. The first kappa shape index (κ1) is 21.6. The normalized spacial score (nSPS) is 10.6. The summed E-state index contributed by atoms with van der Waals surface area (Å²) in [7, 11) is 4.60. The molecule has 30 heavy (non-hydrogen) atoms. The van der Waals surface area contributed by atoms with E-state index in [1.54, 1.807) is 18.3 Å². The molecule has 0 saturated heterocycles. The fourth-order valence-electron chi connectivity index (χ4n) is 3.04. The second-order valence-corrected chi connectivity index (χ2v) is 7.56. The zero-order chi connectivity index (χ0) is 21.7. The van der Waals surface area contributed by atoms with E-state index in [4.69, 9.17) is 14.2 Å². The fraction of sp³-hybridized carbons (Fsp3) is 0.273. The summed E-state index contributed by atoms with van der Waals surface area (Å²) in [5.74, 6) is 1.47. The maximum Gasteiger partial charge on any atom is 0.234 e. The van der Waals surface area contributed by atoms with Gasteiger partial charge in [-0.1, -0.05) is 23.9 Å². The smallest absolute Gasteiger partial charge is 0.234 e. The first-order valence-corrected chi connectivity index (χ1v) is 10.3. The van der Waals surface area contributed by atoms with Crippen molar-refractivity contribution in [3.8, 4) is 22.9 Å². The van der Waals surface area contributed by atoms with Gasteiger partial charge in [0, 0.05) is 30.2 Å². The van der Waals surface area contributed by atoms with Crippen molar-refractivity contribution in [3.05, 3.63) is 53.9 Å². The molecule has 1 heterocycles. The van der Waals surface area contributed by atoms with Crippen LogP contribution in [0.5, 0.6) is 17.2 Å². The van der Waals surface area contributed by atoms with E-state index in [9.17, 15) is 4.79 Å². The molecule has 158 valence electrons. The van der Waals surface area contributed by atoms with Crippen LogP contribution in [0, 0.1) is 13.8 Å². The SMILES string of the molecule is COc1cc(NC(=O)CSc2nccn2-c2cc(C)ccc2C)cc(OC)c1OC. The standard InChI is InChI=1S/C22H25N3O4S/c1-14-6-7-15(2)17(10-14)25-9-8-23-22(25)30-13-20(26)24-16-11-18(27-3)21(29-5)19(12-16)28-4/h6-12H,13H2,1-5H3,(H,24,26). The Morgan fingerprint density at radius 1 is 1.07 bits per heavy atom. The van der Waals surface area contributed by atoms with E-state index >= 15 is 0 Å². The Morgan fingerprint density at radius 2 is 1.77 bits per heavy atom. The summed E-state index contributed by atoms with van der Waals surface area (Å²) in [6, 6.07) is 9.66. The molecule has 0 atom stereocenters. The minimum absolute atomic E-state index is 0.162. The van der Waals surface area contributed by atoms with Gasteiger partial charge in [0.05, 0.1) is 32.8 Å². The highest BCUT2D eigenvalue weighted by molar-refractivity contribution is 7.99. The predicted molar refractivity (Wildman–Crippen MR) is 118 cm³/mol. The van der Waals surface area contributed by atoms with Crippen LogP contribution in [0.4, 0.5) is 5.69 Å². The van der Waals surface area contributed by atoms with E-state index < -0.39 is 0 Å². The average Bonchev–Trinajstić information content (AvgIpc) is 3.21. The summed E-state index contributed by atoms with van der Waals surface area (Å²) >= 11 is 1.37. The Balaban J connectivity index is 1.72. The van der Waals surface area contributed by atoms with E-state index in [0.29, 0.717) is 22.9 Å². The second-order valence-electron chi connectivity index (χ2n) is 6.62. The van der Waals surface area contributed by atoms with Crippen molar-refractivity contribution in [1.82, 2.24) is 9.55 Å². The number of methoxy groups -OCH3 is 3. The number of anilines is 1. The third-order valence-electron chi connectivity index (χ3n) is 4.51. The molecule has 1 aromatic heterocycles. The van der Waals surface area contributed by atoms with Crippen molar-refractivity contribution >= 4 is 23.4 Å². The van der Waals surface area contributed by atoms with Crippen LogP contribution in [0.3, 0.4) is 0 Å². The van der Waals surface area contributed by atoms with Gasteiger partial charge in [-0.2, -0.15) is 0 Å². The van der Waals surface area contributed by atoms with Crippen molar-refractivity contribution in [2.24, 2.45) is 0 Å². The quantitative estimate of drug-likeness (QED) is 0.542. The maximum absolute atomic E-state index is 12.5. The first-order valence-electron chi connectivity index (χ1n) is 9.30. The van der Waals surface area contributed by atoms with E-state index in [-0.39, 0.29) is 11.7 Å². The molecule has 0 aliphatic rings. The Labute approximate surface area is 180 Å². The summed E-state index contributed by atoms with van der Waals surface area (Å²) < 4.78 is 18.0. The molecular weight excluding hydrogens is 402 g/mol. The number of nitrogens with zero attached hydrogens (tertiary/aromatic N) is 2. The van der Waals surface area contributed by atoms with Gasteiger partial charge >= 0.3 is 0 Å². The summed E-state index contributed by atoms with van der Waals surface area (Å²) in [6.45, 7) is 4.11. The molecule has 0 unspecified atom stereocenters. The predicted octanol–water partition coefficient (Wildman–Crippen LogP) is 4.25. The zero-order valence-electron chi connectivity index (χ0n) is 17.7. The van der Waals surface area contributed by atoms with Crippen LogP contribution in [-0.2, 0) is 4.79 Å². The number of rotatable bonds is 8. The van der Waals surface area contributed by atoms with Crippen LogP contribution in [0.1, 0.15) is 11.1 Å². The third kappa shape index (κ3) is 4.71. The summed E-state index contributed by atoms with van der Waals surface area (Å²) in [4.78, 5) is 17.0. The topological polar surface area (TPSA) is 74.6 Å². The van der Waals surface area contributed by atoms with Crippen LogP contribution in [0.15, 0.2) is 47.9 Å². The van der Waals surface area contributed by atoms with E-state index in [2.05, 4.69) is 42.3 Å². The Bertz CT molecular complexity index is 1020. The molecule has 0 spiro atoms.